The van der Waals surface area contributed by atoms with Crippen molar-refractivity contribution in [3.05, 3.63) is 64.2 Å². The maximum atomic E-state index is 12.4. The van der Waals surface area contributed by atoms with E-state index in [4.69, 9.17) is 21.5 Å². The van der Waals surface area contributed by atoms with Gasteiger partial charge in [0, 0.05) is 17.0 Å². The van der Waals surface area contributed by atoms with Gasteiger partial charge in [-0.05, 0) is 60.3 Å². The highest BCUT2D eigenvalue weighted by atomic mass is 35.5. The molecule has 0 saturated carbocycles. The largest absolute Gasteiger partial charge is 0.497 e. The summed E-state index contributed by atoms with van der Waals surface area (Å²) in [4.78, 5) is 21.4. The molecule has 0 radical (unpaired) electrons. The molecule has 0 unspecified atom stereocenters. The number of fused-ring (bicyclic) bond motifs is 1. The molecule has 1 aliphatic heterocycles. The number of benzene rings is 2. The number of nitrogens with zero attached hydrogens (tertiary/aromatic N) is 2. The predicted octanol–water partition coefficient (Wildman–Crippen LogP) is 3.44. The van der Waals surface area contributed by atoms with Crippen LogP contribution >= 0.6 is 23.4 Å². The number of hydrogen-bond donors (Lipinski definition) is 2. The SMILES string of the molecule is COc1ccc2cc(/C=C3\SC(=Nc4ccc(S(N)(=O)=O)cc4)NC3=O)c(Cl)nc2c1. The number of nitrogens with two attached hydrogens (primary N) is 1. The lowest BCUT2D eigenvalue weighted by Gasteiger charge is -2.05. The van der Waals surface area contributed by atoms with Gasteiger partial charge in [0.1, 0.15) is 10.9 Å². The highest BCUT2D eigenvalue weighted by Crippen LogP contribution is 2.31. The zero-order chi connectivity index (χ0) is 22.2. The summed E-state index contributed by atoms with van der Waals surface area (Å²) >= 11 is 7.46. The third-order valence-electron chi connectivity index (χ3n) is 4.34. The molecule has 11 heteroatoms. The van der Waals surface area contributed by atoms with E-state index in [1.165, 1.54) is 24.3 Å². The number of ether oxygens (including phenoxy) is 1. The van der Waals surface area contributed by atoms with Crippen molar-refractivity contribution >= 4 is 67.1 Å². The van der Waals surface area contributed by atoms with Crippen LogP contribution in [-0.4, -0.2) is 31.6 Å². The minimum Gasteiger partial charge on any atom is -0.497 e. The Labute approximate surface area is 187 Å². The van der Waals surface area contributed by atoms with E-state index in [1.54, 1.807) is 19.3 Å². The molecule has 158 valence electrons. The molecule has 2 heterocycles. The van der Waals surface area contributed by atoms with Crippen LogP contribution < -0.4 is 15.2 Å². The van der Waals surface area contributed by atoms with Crippen LogP contribution in [0.1, 0.15) is 5.56 Å². The first-order valence-electron chi connectivity index (χ1n) is 8.80. The maximum Gasteiger partial charge on any atom is 0.264 e. The Hall–Kier alpha value is -2.92. The second kappa shape index (κ2) is 8.31. The number of halogens is 1. The molecular formula is C20H15ClN4O4S2. The second-order valence-corrected chi connectivity index (χ2v) is 9.40. The minimum atomic E-state index is -3.78. The number of nitrogens with one attached hydrogen (secondary N) is 1. The highest BCUT2D eigenvalue weighted by molar-refractivity contribution is 8.18. The Balaban J connectivity index is 1.60. The third kappa shape index (κ3) is 4.72. The second-order valence-electron chi connectivity index (χ2n) is 6.45. The van der Waals surface area contributed by atoms with Gasteiger partial charge >= 0.3 is 0 Å². The Kier molecular flexibility index (Phi) is 5.71. The minimum absolute atomic E-state index is 0.0174. The lowest BCUT2D eigenvalue weighted by Crippen LogP contribution is -2.19. The van der Waals surface area contributed by atoms with Crippen LogP contribution in [0, 0.1) is 0 Å². The fraction of sp³-hybridized carbons (Fsp3) is 0.0500. The molecule has 2 aromatic carbocycles. The average Bonchev–Trinajstić information content (AvgIpc) is 3.06. The van der Waals surface area contributed by atoms with E-state index in [2.05, 4.69) is 15.3 Å². The molecule has 0 bridgehead atoms. The Morgan fingerprint density at radius 3 is 2.61 bits per heavy atom. The fourth-order valence-electron chi connectivity index (χ4n) is 2.82. The van der Waals surface area contributed by atoms with Gasteiger partial charge in [0.15, 0.2) is 5.17 Å². The number of amidine groups is 1. The standard InChI is InChI=1S/C20H15ClN4O4S2/c1-29-14-5-2-11-8-12(18(21)24-16(11)10-14)9-17-19(26)25-20(30-17)23-13-3-6-15(7-4-13)31(22,27)28/h2-10H,1H3,(H2,22,27,28)(H,23,25,26)/b17-9-. The van der Waals surface area contributed by atoms with E-state index < -0.39 is 10.0 Å². The quantitative estimate of drug-likeness (QED) is 0.441. The number of rotatable bonds is 4. The Bertz CT molecular complexity index is 1370. The number of carbonyl (C=O) groups is 1. The van der Waals surface area contributed by atoms with Gasteiger partial charge in [-0.25, -0.2) is 23.5 Å². The van der Waals surface area contributed by atoms with Gasteiger partial charge in [-0.1, -0.05) is 11.6 Å². The van der Waals surface area contributed by atoms with Crippen LogP contribution in [0.15, 0.2) is 63.3 Å². The van der Waals surface area contributed by atoms with Gasteiger partial charge in [-0.2, -0.15) is 0 Å². The number of amides is 1. The number of hydrogen-bond acceptors (Lipinski definition) is 7. The summed E-state index contributed by atoms with van der Waals surface area (Å²) in [7, 11) is -2.21. The summed E-state index contributed by atoms with van der Waals surface area (Å²) in [6.07, 6.45) is 1.64. The van der Waals surface area contributed by atoms with Crippen molar-refractivity contribution in [3.63, 3.8) is 0 Å². The van der Waals surface area contributed by atoms with E-state index in [9.17, 15) is 13.2 Å². The van der Waals surface area contributed by atoms with Crippen molar-refractivity contribution in [2.24, 2.45) is 10.1 Å². The molecule has 1 amide bonds. The molecule has 3 aromatic rings. The molecule has 1 aromatic heterocycles. The van der Waals surface area contributed by atoms with E-state index in [1.807, 2.05) is 18.2 Å². The van der Waals surface area contributed by atoms with Gasteiger partial charge in [0.2, 0.25) is 10.0 Å². The zero-order valence-electron chi connectivity index (χ0n) is 16.0. The van der Waals surface area contributed by atoms with Crippen molar-refractivity contribution in [1.82, 2.24) is 10.3 Å². The number of thioether (sulfide) groups is 1. The van der Waals surface area contributed by atoms with Crippen LogP contribution in [-0.2, 0) is 14.8 Å². The molecule has 0 atom stereocenters. The number of pyridine rings is 1. The van der Waals surface area contributed by atoms with Gasteiger partial charge in [-0.3, -0.25) is 4.79 Å². The summed E-state index contributed by atoms with van der Waals surface area (Å²) < 4.78 is 27.9. The van der Waals surface area contributed by atoms with Gasteiger partial charge < -0.3 is 10.1 Å². The molecule has 1 saturated heterocycles. The first kappa shape index (κ1) is 21.3. The molecule has 0 spiro atoms. The Morgan fingerprint density at radius 1 is 1.19 bits per heavy atom. The number of aromatic nitrogens is 1. The third-order valence-corrected chi connectivity index (χ3v) is 6.48. The van der Waals surface area contributed by atoms with E-state index in [-0.39, 0.29) is 16.0 Å². The fourth-order valence-corrected chi connectivity index (χ4v) is 4.37. The molecule has 1 fully saturated rings. The summed E-state index contributed by atoms with van der Waals surface area (Å²) in [6.45, 7) is 0. The van der Waals surface area contributed by atoms with Crippen LogP contribution in [0.25, 0.3) is 17.0 Å². The monoisotopic (exact) mass is 474 g/mol. The molecule has 1 aliphatic rings. The van der Waals surface area contributed by atoms with Gasteiger partial charge in [0.05, 0.1) is 28.1 Å². The van der Waals surface area contributed by atoms with E-state index >= 15 is 0 Å². The summed E-state index contributed by atoms with van der Waals surface area (Å²) in [5, 5.41) is 9.22. The lowest BCUT2D eigenvalue weighted by atomic mass is 10.1. The molecule has 3 N–H and O–H groups in total. The van der Waals surface area contributed by atoms with E-state index in [0.717, 1.165) is 17.1 Å². The molecule has 8 nitrogen and oxygen atoms in total. The summed E-state index contributed by atoms with van der Waals surface area (Å²) in [5.74, 6) is 0.349. The predicted molar refractivity (Wildman–Crippen MR) is 122 cm³/mol. The zero-order valence-corrected chi connectivity index (χ0v) is 18.4. The van der Waals surface area contributed by atoms with Crippen molar-refractivity contribution in [2.45, 2.75) is 4.90 Å². The highest BCUT2D eigenvalue weighted by Gasteiger charge is 2.24. The van der Waals surface area contributed by atoms with Crippen molar-refractivity contribution in [3.8, 4) is 5.75 Å². The molecule has 31 heavy (non-hydrogen) atoms. The first-order chi connectivity index (χ1) is 14.7. The van der Waals surface area contributed by atoms with Crippen LogP contribution in [0.2, 0.25) is 5.15 Å². The molecule has 4 rings (SSSR count). The number of primary sulfonamides is 1. The number of methoxy groups -OCH3 is 1. The number of sulfonamides is 1. The summed E-state index contributed by atoms with van der Waals surface area (Å²) in [5.41, 5.74) is 1.74. The van der Waals surface area contributed by atoms with Crippen molar-refractivity contribution < 1.29 is 17.9 Å². The summed E-state index contributed by atoms with van der Waals surface area (Å²) in [6, 6.07) is 13.0. The average molecular weight is 475 g/mol. The van der Waals surface area contributed by atoms with Crippen molar-refractivity contribution in [1.29, 1.82) is 0 Å². The van der Waals surface area contributed by atoms with Gasteiger partial charge in [0.25, 0.3) is 5.91 Å². The van der Waals surface area contributed by atoms with Crippen molar-refractivity contribution in [2.75, 3.05) is 7.11 Å². The maximum absolute atomic E-state index is 12.4. The van der Waals surface area contributed by atoms with Crippen LogP contribution in [0.4, 0.5) is 5.69 Å². The normalized spacial score (nSPS) is 16.8. The van der Waals surface area contributed by atoms with Gasteiger partial charge in [-0.15, -0.1) is 0 Å². The smallest absolute Gasteiger partial charge is 0.264 e. The number of carbonyl (C=O) groups excluding carboxylic acids is 1. The topological polar surface area (TPSA) is 124 Å². The van der Waals surface area contributed by atoms with Crippen LogP contribution in [0.5, 0.6) is 5.75 Å². The van der Waals surface area contributed by atoms with E-state index in [0.29, 0.717) is 32.6 Å². The molecule has 0 aliphatic carbocycles. The number of aliphatic imine (C=N–C) groups is 1. The Morgan fingerprint density at radius 2 is 1.94 bits per heavy atom. The lowest BCUT2D eigenvalue weighted by molar-refractivity contribution is -0.115. The molecular weight excluding hydrogens is 460 g/mol. The first-order valence-corrected chi connectivity index (χ1v) is 11.5. The van der Waals surface area contributed by atoms with Crippen LogP contribution in [0.3, 0.4) is 0 Å².